The van der Waals surface area contributed by atoms with Gasteiger partial charge in [0.15, 0.2) is 5.82 Å². The lowest BCUT2D eigenvalue weighted by atomic mass is 10.3. The van der Waals surface area contributed by atoms with Gasteiger partial charge in [0.05, 0.1) is 11.2 Å². The summed E-state index contributed by atoms with van der Waals surface area (Å²) in [5.74, 6) is 5.40. The summed E-state index contributed by atoms with van der Waals surface area (Å²) in [6, 6.07) is 1.28. The van der Waals surface area contributed by atoms with E-state index in [1.165, 1.54) is 12.3 Å². The first kappa shape index (κ1) is 15.7. The highest BCUT2D eigenvalue weighted by atomic mass is 35.5. The molecule has 114 valence electrons. The Kier molecular flexibility index (Phi) is 4.47. The molecule has 0 unspecified atom stereocenters. The Hall–Kier alpha value is -1.68. The second-order valence-corrected chi connectivity index (χ2v) is 6.52. The fraction of sp³-hybridized carbons (Fsp3) is 0.273. The minimum atomic E-state index is -3.72. The normalized spacial score (nSPS) is 11.6. The average Bonchev–Trinajstić information content (AvgIpc) is 2.76. The maximum atomic E-state index is 12.2. The lowest BCUT2D eigenvalue weighted by Gasteiger charge is -2.08. The first-order valence-corrected chi connectivity index (χ1v) is 7.80. The molecule has 0 spiro atoms. The topological polar surface area (TPSA) is 115 Å². The van der Waals surface area contributed by atoms with Gasteiger partial charge in [-0.05, 0) is 13.0 Å². The van der Waals surface area contributed by atoms with Crippen LogP contribution in [0.2, 0.25) is 5.02 Å². The van der Waals surface area contributed by atoms with E-state index in [1.54, 1.807) is 17.9 Å². The van der Waals surface area contributed by atoms with Crippen LogP contribution in [0.15, 0.2) is 23.4 Å². The molecule has 4 N–H and O–H groups in total. The Morgan fingerprint density at radius 2 is 2.14 bits per heavy atom. The number of nitrogens with one attached hydrogen (secondary N) is 2. The molecular weight excluding hydrogens is 316 g/mol. The molecule has 10 heteroatoms. The van der Waals surface area contributed by atoms with Crippen LogP contribution in [0.5, 0.6) is 0 Å². The van der Waals surface area contributed by atoms with Crippen molar-refractivity contribution in [2.45, 2.75) is 18.4 Å². The zero-order chi connectivity index (χ0) is 15.6. The summed E-state index contributed by atoms with van der Waals surface area (Å²) >= 11 is 5.87. The van der Waals surface area contributed by atoms with Crippen LogP contribution in [0.3, 0.4) is 0 Å². The summed E-state index contributed by atoms with van der Waals surface area (Å²) in [5.41, 5.74) is 3.95. The second kappa shape index (κ2) is 5.98. The minimum Gasteiger partial charge on any atom is -0.307 e. The Labute approximate surface area is 127 Å². The average molecular weight is 331 g/mol. The van der Waals surface area contributed by atoms with Crippen molar-refractivity contribution in [2.24, 2.45) is 12.9 Å². The number of anilines is 1. The summed E-state index contributed by atoms with van der Waals surface area (Å²) in [7, 11) is -1.93. The van der Waals surface area contributed by atoms with Gasteiger partial charge in [0.25, 0.3) is 0 Å². The van der Waals surface area contributed by atoms with Crippen LogP contribution in [-0.2, 0) is 23.6 Å². The molecule has 21 heavy (non-hydrogen) atoms. The van der Waals surface area contributed by atoms with Crippen molar-refractivity contribution in [3.8, 4) is 0 Å². The Morgan fingerprint density at radius 1 is 1.43 bits per heavy atom. The first-order chi connectivity index (χ1) is 9.85. The number of hydrogen-bond acceptors (Lipinski definition) is 6. The van der Waals surface area contributed by atoms with Crippen LogP contribution in [0.1, 0.15) is 11.3 Å². The molecule has 2 aromatic rings. The Morgan fingerprint density at radius 3 is 2.67 bits per heavy atom. The molecule has 2 heterocycles. The number of sulfonamides is 1. The number of aryl methyl sites for hydroxylation is 1. The van der Waals surface area contributed by atoms with Crippen LogP contribution in [0.25, 0.3) is 0 Å². The van der Waals surface area contributed by atoms with Crippen LogP contribution < -0.4 is 16.0 Å². The zero-order valence-electron chi connectivity index (χ0n) is 11.5. The van der Waals surface area contributed by atoms with E-state index in [0.717, 1.165) is 11.3 Å². The molecule has 0 amide bonds. The van der Waals surface area contributed by atoms with Gasteiger partial charge >= 0.3 is 0 Å². The molecule has 2 aromatic heterocycles. The third-order valence-corrected chi connectivity index (χ3v) is 4.71. The third kappa shape index (κ3) is 3.32. The molecule has 2 rings (SSSR count). The number of halogens is 1. The molecule has 0 radical (unpaired) electrons. The lowest BCUT2D eigenvalue weighted by molar-refractivity contribution is 0.580. The quantitative estimate of drug-likeness (QED) is 0.544. The van der Waals surface area contributed by atoms with Crippen molar-refractivity contribution in [2.75, 3.05) is 5.43 Å². The third-order valence-electron chi connectivity index (χ3n) is 3.05. The zero-order valence-corrected chi connectivity index (χ0v) is 13.0. The van der Waals surface area contributed by atoms with E-state index >= 15 is 0 Å². The number of aromatic nitrogens is 3. The van der Waals surface area contributed by atoms with Gasteiger partial charge in [-0.1, -0.05) is 11.6 Å². The molecule has 0 bridgehead atoms. The smallest absolute Gasteiger partial charge is 0.242 e. The fourth-order valence-corrected chi connectivity index (χ4v) is 2.91. The first-order valence-electron chi connectivity index (χ1n) is 5.94. The number of hydrazine groups is 1. The van der Waals surface area contributed by atoms with E-state index in [4.69, 9.17) is 17.4 Å². The largest absolute Gasteiger partial charge is 0.307 e. The highest BCUT2D eigenvalue weighted by Gasteiger charge is 2.17. The van der Waals surface area contributed by atoms with E-state index in [2.05, 4.69) is 20.2 Å². The van der Waals surface area contributed by atoms with Crippen molar-refractivity contribution in [3.05, 3.63) is 34.7 Å². The van der Waals surface area contributed by atoms with Gasteiger partial charge in [-0.3, -0.25) is 4.68 Å². The second-order valence-electron chi connectivity index (χ2n) is 4.35. The summed E-state index contributed by atoms with van der Waals surface area (Å²) < 4.78 is 28.5. The SMILES string of the molecule is Cc1c(CNS(=O)(=O)c2cnc(NN)c(Cl)c2)cnn1C. The number of nitrogens with two attached hydrogens (primary N) is 1. The predicted molar refractivity (Wildman–Crippen MR) is 79.0 cm³/mol. The van der Waals surface area contributed by atoms with Crippen molar-refractivity contribution in [1.29, 1.82) is 0 Å². The van der Waals surface area contributed by atoms with Gasteiger partial charge < -0.3 is 5.43 Å². The molecule has 8 nitrogen and oxygen atoms in total. The van der Waals surface area contributed by atoms with Gasteiger partial charge in [0.2, 0.25) is 10.0 Å². The monoisotopic (exact) mass is 330 g/mol. The lowest BCUT2D eigenvalue weighted by Crippen LogP contribution is -2.24. The van der Waals surface area contributed by atoms with Crippen LogP contribution in [0, 0.1) is 6.92 Å². The van der Waals surface area contributed by atoms with E-state index in [9.17, 15) is 8.42 Å². The summed E-state index contributed by atoms with van der Waals surface area (Å²) in [6.45, 7) is 1.99. The number of pyridine rings is 1. The molecule has 0 aromatic carbocycles. The van der Waals surface area contributed by atoms with Crippen molar-refractivity contribution in [1.82, 2.24) is 19.5 Å². The van der Waals surface area contributed by atoms with E-state index in [1.807, 2.05) is 6.92 Å². The van der Waals surface area contributed by atoms with Crippen LogP contribution >= 0.6 is 11.6 Å². The summed E-state index contributed by atoms with van der Waals surface area (Å²) in [6.07, 6.45) is 2.80. The number of nitrogens with zero attached hydrogens (tertiary/aromatic N) is 3. The molecule has 0 atom stereocenters. The van der Waals surface area contributed by atoms with Crippen molar-refractivity contribution in [3.63, 3.8) is 0 Å². The molecular formula is C11H15ClN6O2S. The van der Waals surface area contributed by atoms with Gasteiger partial charge in [-0.15, -0.1) is 0 Å². The van der Waals surface area contributed by atoms with Crippen LogP contribution in [-0.4, -0.2) is 23.2 Å². The molecule has 0 fully saturated rings. The standard InChI is InChI=1S/C11H15ClN6O2S/c1-7-8(4-15-18(7)2)5-16-21(19,20)9-3-10(12)11(17-13)14-6-9/h3-4,6,16H,5,13H2,1-2H3,(H,14,17). The summed E-state index contributed by atoms with van der Waals surface area (Å²) in [5, 5.41) is 4.18. The van der Waals surface area contributed by atoms with E-state index < -0.39 is 10.0 Å². The van der Waals surface area contributed by atoms with Crippen molar-refractivity contribution >= 4 is 27.4 Å². The van der Waals surface area contributed by atoms with Gasteiger partial charge in [-0.2, -0.15) is 5.10 Å². The Balaban J connectivity index is 2.19. The molecule has 0 aliphatic rings. The van der Waals surface area contributed by atoms with Crippen molar-refractivity contribution < 1.29 is 8.42 Å². The molecule has 0 aliphatic carbocycles. The number of rotatable bonds is 5. The molecule has 0 aliphatic heterocycles. The minimum absolute atomic E-state index is 0.0342. The van der Waals surface area contributed by atoms with Gasteiger partial charge in [-0.25, -0.2) is 24.0 Å². The molecule has 0 saturated heterocycles. The fourth-order valence-electron chi connectivity index (χ4n) is 1.65. The van der Waals surface area contributed by atoms with Crippen LogP contribution in [0.4, 0.5) is 5.82 Å². The molecule has 0 saturated carbocycles. The Bertz CT molecular complexity index is 758. The highest BCUT2D eigenvalue weighted by Crippen LogP contribution is 2.21. The number of hydrogen-bond donors (Lipinski definition) is 3. The number of nitrogen functional groups attached to an aromatic ring is 1. The maximum Gasteiger partial charge on any atom is 0.242 e. The van der Waals surface area contributed by atoms with E-state index in [0.29, 0.717) is 0 Å². The van der Waals surface area contributed by atoms with E-state index in [-0.39, 0.29) is 22.3 Å². The predicted octanol–water partition coefficient (Wildman–Crippen LogP) is 0.541. The summed E-state index contributed by atoms with van der Waals surface area (Å²) in [4.78, 5) is 3.80. The maximum absolute atomic E-state index is 12.2. The van der Waals surface area contributed by atoms with Gasteiger partial charge in [0.1, 0.15) is 4.90 Å². The highest BCUT2D eigenvalue weighted by molar-refractivity contribution is 7.89. The van der Waals surface area contributed by atoms with Gasteiger partial charge in [0, 0.05) is 31.0 Å².